The predicted octanol–water partition coefficient (Wildman–Crippen LogP) is 0.612. The van der Waals surface area contributed by atoms with Gasteiger partial charge in [0.15, 0.2) is 5.84 Å². The Balaban J connectivity index is 3.11. The standard InChI is InChI=1S/C9H16N4O2/c1-4-5-15-9-7(8(10)12-14)6(2)11-13(9)3/h14H,4-5H2,1-3H3,(H2,10,12). The lowest BCUT2D eigenvalue weighted by Gasteiger charge is -2.06. The number of oxime groups is 1. The number of nitrogens with two attached hydrogens (primary N) is 1. The SMILES string of the molecule is CCCOc1c(C(N)=NO)c(C)nn1C. The van der Waals surface area contributed by atoms with Gasteiger partial charge in [0, 0.05) is 7.05 Å². The molecule has 0 saturated heterocycles. The van der Waals surface area contributed by atoms with Crippen LogP contribution in [-0.4, -0.2) is 27.4 Å². The van der Waals surface area contributed by atoms with E-state index in [1.54, 1.807) is 18.7 Å². The molecule has 0 aliphatic carbocycles. The zero-order chi connectivity index (χ0) is 11.4. The van der Waals surface area contributed by atoms with E-state index in [4.69, 9.17) is 15.7 Å². The molecular weight excluding hydrogens is 196 g/mol. The van der Waals surface area contributed by atoms with E-state index in [9.17, 15) is 0 Å². The van der Waals surface area contributed by atoms with Crippen LogP contribution in [0.2, 0.25) is 0 Å². The molecule has 1 aromatic rings. The summed E-state index contributed by atoms with van der Waals surface area (Å²) < 4.78 is 7.07. The van der Waals surface area contributed by atoms with E-state index >= 15 is 0 Å². The maximum atomic E-state index is 8.64. The van der Waals surface area contributed by atoms with Gasteiger partial charge in [0.1, 0.15) is 5.56 Å². The van der Waals surface area contributed by atoms with Gasteiger partial charge in [0.2, 0.25) is 5.88 Å². The van der Waals surface area contributed by atoms with Crippen LogP contribution in [0.1, 0.15) is 24.6 Å². The Hall–Kier alpha value is -1.72. The third kappa shape index (κ3) is 2.20. The first-order chi connectivity index (χ1) is 7.11. The number of nitrogens with zero attached hydrogens (tertiary/aromatic N) is 3. The summed E-state index contributed by atoms with van der Waals surface area (Å²) in [4.78, 5) is 0. The molecule has 1 aromatic heterocycles. The third-order valence-electron chi connectivity index (χ3n) is 1.98. The number of aryl methyl sites for hydroxylation is 2. The fraction of sp³-hybridized carbons (Fsp3) is 0.556. The van der Waals surface area contributed by atoms with E-state index in [0.717, 1.165) is 6.42 Å². The van der Waals surface area contributed by atoms with E-state index in [-0.39, 0.29) is 5.84 Å². The molecule has 0 atom stereocenters. The summed E-state index contributed by atoms with van der Waals surface area (Å²) in [7, 11) is 1.76. The first kappa shape index (κ1) is 11.4. The van der Waals surface area contributed by atoms with Crippen LogP contribution < -0.4 is 10.5 Å². The lowest BCUT2D eigenvalue weighted by atomic mass is 10.2. The summed E-state index contributed by atoms with van der Waals surface area (Å²) in [6.07, 6.45) is 0.889. The first-order valence-corrected chi connectivity index (χ1v) is 4.76. The number of ether oxygens (including phenoxy) is 1. The van der Waals surface area contributed by atoms with Crippen LogP contribution in [0.15, 0.2) is 5.16 Å². The van der Waals surface area contributed by atoms with E-state index in [0.29, 0.717) is 23.7 Å². The Morgan fingerprint density at radius 1 is 1.67 bits per heavy atom. The highest BCUT2D eigenvalue weighted by Crippen LogP contribution is 2.20. The van der Waals surface area contributed by atoms with Crippen molar-refractivity contribution in [1.29, 1.82) is 0 Å². The molecule has 0 fully saturated rings. The van der Waals surface area contributed by atoms with Crippen molar-refractivity contribution in [2.24, 2.45) is 17.9 Å². The van der Waals surface area contributed by atoms with E-state index in [1.165, 1.54) is 0 Å². The van der Waals surface area contributed by atoms with Crippen molar-refractivity contribution in [3.63, 3.8) is 0 Å². The molecule has 0 aromatic carbocycles. The molecule has 1 rings (SSSR count). The lowest BCUT2D eigenvalue weighted by molar-refractivity contribution is 0.288. The number of rotatable bonds is 4. The average molecular weight is 212 g/mol. The summed E-state index contributed by atoms with van der Waals surface area (Å²) in [5, 5.41) is 15.8. The van der Waals surface area contributed by atoms with Crippen molar-refractivity contribution in [1.82, 2.24) is 9.78 Å². The first-order valence-electron chi connectivity index (χ1n) is 4.76. The number of aromatic nitrogens is 2. The average Bonchev–Trinajstić information content (AvgIpc) is 2.49. The van der Waals surface area contributed by atoms with Gasteiger partial charge in [-0.25, -0.2) is 4.68 Å². The van der Waals surface area contributed by atoms with Crippen LogP contribution in [0, 0.1) is 6.92 Å². The maximum absolute atomic E-state index is 8.64. The van der Waals surface area contributed by atoms with Crippen LogP contribution in [0.3, 0.4) is 0 Å². The summed E-state index contributed by atoms with van der Waals surface area (Å²) in [5.74, 6) is 0.552. The molecule has 1 heterocycles. The van der Waals surface area contributed by atoms with Crippen molar-refractivity contribution in [2.45, 2.75) is 20.3 Å². The van der Waals surface area contributed by atoms with Crippen molar-refractivity contribution >= 4 is 5.84 Å². The third-order valence-corrected chi connectivity index (χ3v) is 1.98. The van der Waals surface area contributed by atoms with E-state index in [2.05, 4.69) is 10.3 Å². The number of hydrogen-bond acceptors (Lipinski definition) is 4. The predicted molar refractivity (Wildman–Crippen MR) is 56.2 cm³/mol. The molecule has 15 heavy (non-hydrogen) atoms. The Kier molecular flexibility index (Phi) is 3.54. The van der Waals surface area contributed by atoms with Gasteiger partial charge in [-0.05, 0) is 13.3 Å². The molecule has 0 bridgehead atoms. The second-order valence-corrected chi connectivity index (χ2v) is 3.22. The second-order valence-electron chi connectivity index (χ2n) is 3.22. The van der Waals surface area contributed by atoms with Gasteiger partial charge in [0.25, 0.3) is 0 Å². The molecule has 0 radical (unpaired) electrons. The van der Waals surface area contributed by atoms with Crippen LogP contribution in [0.25, 0.3) is 0 Å². The van der Waals surface area contributed by atoms with Crippen LogP contribution in [0.5, 0.6) is 5.88 Å². The van der Waals surface area contributed by atoms with Gasteiger partial charge in [0.05, 0.1) is 12.3 Å². The number of hydrogen-bond donors (Lipinski definition) is 2. The summed E-state index contributed by atoms with van der Waals surface area (Å²) in [6, 6.07) is 0. The van der Waals surface area contributed by atoms with Gasteiger partial charge >= 0.3 is 0 Å². The van der Waals surface area contributed by atoms with Crippen LogP contribution in [0.4, 0.5) is 0 Å². The van der Waals surface area contributed by atoms with Crippen LogP contribution in [-0.2, 0) is 7.05 Å². The molecule has 0 unspecified atom stereocenters. The second kappa shape index (κ2) is 4.68. The van der Waals surface area contributed by atoms with Crippen molar-refractivity contribution in [2.75, 3.05) is 6.61 Å². The molecular formula is C9H16N4O2. The lowest BCUT2D eigenvalue weighted by Crippen LogP contribution is -2.15. The zero-order valence-corrected chi connectivity index (χ0v) is 9.19. The number of amidine groups is 1. The molecule has 0 amide bonds. The summed E-state index contributed by atoms with van der Waals surface area (Å²) in [5.41, 5.74) is 6.78. The molecule has 6 heteroatoms. The Bertz CT molecular complexity index is 370. The molecule has 0 saturated carbocycles. The quantitative estimate of drug-likeness (QED) is 0.331. The van der Waals surface area contributed by atoms with Gasteiger partial charge in [-0.15, -0.1) is 0 Å². The minimum atomic E-state index is 0.0201. The Morgan fingerprint density at radius 2 is 2.33 bits per heavy atom. The highest BCUT2D eigenvalue weighted by molar-refractivity contribution is 6.00. The van der Waals surface area contributed by atoms with Gasteiger partial charge in [-0.3, -0.25) is 0 Å². The monoisotopic (exact) mass is 212 g/mol. The topological polar surface area (TPSA) is 85.7 Å². The molecule has 84 valence electrons. The molecule has 0 aliphatic rings. The van der Waals surface area contributed by atoms with Gasteiger partial charge < -0.3 is 15.7 Å². The molecule has 0 spiro atoms. The minimum Gasteiger partial charge on any atom is -0.477 e. The maximum Gasteiger partial charge on any atom is 0.223 e. The normalized spacial score (nSPS) is 11.8. The highest BCUT2D eigenvalue weighted by atomic mass is 16.5. The summed E-state index contributed by atoms with van der Waals surface area (Å²) in [6.45, 7) is 4.36. The van der Waals surface area contributed by atoms with E-state index < -0.39 is 0 Å². The van der Waals surface area contributed by atoms with E-state index in [1.807, 2.05) is 6.92 Å². The van der Waals surface area contributed by atoms with Crippen molar-refractivity contribution < 1.29 is 9.94 Å². The van der Waals surface area contributed by atoms with Crippen LogP contribution >= 0.6 is 0 Å². The highest BCUT2D eigenvalue weighted by Gasteiger charge is 2.18. The molecule has 6 nitrogen and oxygen atoms in total. The van der Waals surface area contributed by atoms with Crippen molar-refractivity contribution in [3.05, 3.63) is 11.3 Å². The fourth-order valence-corrected chi connectivity index (χ4v) is 1.35. The smallest absolute Gasteiger partial charge is 0.223 e. The molecule has 3 N–H and O–H groups in total. The van der Waals surface area contributed by atoms with Crippen molar-refractivity contribution in [3.8, 4) is 5.88 Å². The fourth-order valence-electron chi connectivity index (χ4n) is 1.35. The Labute approximate surface area is 88.3 Å². The summed E-state index contributed by atoms with van der Waals surface area (Å²) >= 11 is 0. The molecule has 0 aliphatic heterocycles. The minimum absolute atomic E-state index is 0.0201. The van der Waals surface area contributed by atoms with Gasteiger partial charge in [-0.1, -0.05) is 12.1 Å². The Morgan fingerprint density at radius 3 is 2.87 bits per heavy atom. The van der Waals surface area contributed by atoms with Gasteiger partial charge in [-0.2, -0.15) is 5.10 Å². The largest absolute Gasteiger partial charge is 0.477 e. The zero-order valence-electron chi connectivity index (χ0n) is 9.19.